The number of rotatable bonds is 6. The number of hydrogen-bond acceptors (Lipinski definition) is 5. The summed E-state index contributed by atoms with van der Waals surface area (Å²) in [6.45, 7) is 9.90. The van der Waals surface area contributed by atoms with Crippen LogP contribution in [0.3, 0.4) is 0 Å². The topological polar surface area (TPSA) is 79.7 Å². The Balaban J connectivity index is 2.50. The zero-order chi connectivity index (χ0) is 20.3. The Labute approximate surface area is 163 Å². The summed E-state index contributed by atoms with van der Waals surface area (Å²) in [6.07, 6.45) is -0.985. The van der Waals surface area contributed by atoms with Crippen molar-refractivity contribution < 1.29 is 19.4 Å². The number of amides is 1. The fourth-order valence-electron chi connectivity index (χ4n) is 2.73. The van der Waals surface area contributed by atoms with E-state index in [1.54, 1.807) is 0 Å². The van der Waals surface area contributed by atoms with Gasteiger partial charge in [0.1, 0.15) is 10.8 Å². The highest BCUT2D eigenvalue weighted by atomic mass is 32.1. The molecule has 1 heterocycles. The molecule has 0 atom stereocenters. The van der Waals surface area contributed by atoms with Gasteiger partial charge in [-0.2, -0.15) is 0 Å². The van der Waals surface area contributed by atoms with E-state index in [0.717, 1.165) is 27.4 Å². The predicted molar refractivity (Wildman–Crippen MR) is 107 cm³/mol. The molecule has 2 rings (SSSR count). The minimum Gasteiger partial charge on any atom is -0.465 e. The van der Waals surface area contributed by atoms with Gasteiger partial charge in [0.05, 0.1) is 12.2 Å². The first-order valence-electron chi connectivity index (χ1n) is 8.85. The summed E-state index contributed by atoms with van der Waals surface area (Å²) in [5.74, 6) is 0.651. The van der Waals surface area contributed by atoms with Crippen LogP contribution in [-0.2, 0) is 11.3 Å². The van der Waals surface area contributed by atoms with Crippen LogP contribution in [0.5, 0.6) is 5.75 Å². The number of esters is 1. The Kier molecular flexibility index (Phi) is 6.59. The summed E-state index contributed by atoms with van der Waals surface area (Å²) >= 11 is 1.43. The Morgan fingerprint density at radius 3 is 2.19 bits per heavy atom. The summed E-state index contributed by atoms with van der Waals surface area (Å²) in [7, 11) is 1.52. The summed E-state index contributed by atoms with van der Waals surface area (Å²) in [5, 5.41) is 11.7. The molecule has 0 aliphatic carbocycles. The lowest BCUT2D eigenvalue weighted by Gasteiger charge is -2.20. The van der Waals surface area contributed by atoms with Crippen LogP contribution >= 0.6 is 11.3 Å². The summed E-state index contributed by atoms with van der Waals surface area (Å²) < 4.78 is 5.55. The van der Waals surface area contributed by atoms with Gasteiger partial charge in [-0.25, -0.2) is 9.78 Å². The number of carboxylic acid groups (broad SMARTS) is 1. The Hall–Kier alpha value is -2.41. The van der Waals surface area contributed by atoms with E-state index in [2.05, 4.69) is 32.7 Å². The third-order valence-corrected chi connectivity index (χ3v) is 5.02. The van der Waals surface area contributed by atoms with Crippen LogP contribution in [-0.4, -0.2) is 34.1 Å². The Morgan fingerprint density at radius 2 is 1.74 bits per heavy atom. The minimum absolute atomic E-state index is 0.174. The number of carbonyl (C=O) groups excluding carboxylic acids is 1. The first kappa shape index (κ1) is 20.9. The molecule has 146 valence electrons. The van der Waals surface area contributed by atoms with E-state index < -0.39 is 6.09 Å². The fraction of sp³-hybridized carbons (Fsp3) is 0.450. The van der Waals surface area contributed by atoms with Gasteiger partial charge in [0.15, 0.2) is 0 Å². The van der Waals surface area contributed by atoms with Gasteiger partial charge in [-0.15, -0.1) is 11.3 Å². The molecule has 7 heteroatoms. The number of thiazole rings is 1. The average molecular weight is 391 g/mol. The number of carbonyl (C=O) groups is 2. The van der Waals surface area contributed by atoms with Gasteiger partial charge in [-0.3, -0.25) is 4.79 Å². The second kappa shape index (κ2) is 8.52. The van der Waals surface area contributed by atoms with Crippen molar-refractivity contribution in [3.05, 3.63) is 33.6 Å². The van der Waals surface area contributed by atoms with Crippen LogP contribution in [0.25, 0.3) is 11.3 Å². The highest BCUT2D eigenvalue weighted by molar-refractivity contribution is 7.09. The lowest BCUT2D eigenvalue weighted by atomic mass is 9.90. The van der Waals surface area contributed by atoms with Crippen molar-refractivity contribution in [2.75, 3.05) is 7.05 Å². The lowest BCUT2D eigenvalue weighted by molar-refractivity contribution is -0.132. The molecule has 1 aromatic heterocycles. The molecule has 0 radical (unpaired) electrons. The molecule has 0 unspecified atom stereocenters. The van der Waals surface area contributed by atoms with Crippen LogP contribution in [0, 0.1) is 0 Å². The van der Waals surface area contributed by atoms with Crippen LogP contribution < -0.4 is 4.74 Å². The van der Waals surface area contributed by atoms with E-state index in [1.807, 2.05) is 17.5 Å². The van der Waals surface area contributed by atoms with E-state index in [4.69, 9.17) is 9.84 Å². The molecular formula is C20H26N2O4S. The van der Waals surface area contributed by atoms with Crippen LogP contribution in [0.2, 0.25) is 0 Å². The van der Waals surface area contributed by atoms with Crippen molar-refractivity contribution in [3.8, 4) is 17.0 Å². The van der Waals surface area contributed by atoms with E-state index in [1.165, 1.54) is 30.2 Å². The number of benzene rings is 1. The van der Waals surface area contributed by atoms with Crippen LogP contribution in [0.1, 0.15) is 62.6 Å². The van der Waals surface area contributed by atoms with Gasteiger partial charge in [0, 0.05) is 24.9 Å². The van der Waals surface area contributed by atoms with Crippen molar-refractivity contribution in [1.29, 1.82) is 0 Å². The van der Waals surface area contributed by atoms with E-state index in [0.29, 0.717) is 5.75 Å². The van der Waals surface area contributed by atoms with Crippen molar-refractivity contribution in [2.45, 2.75) is 53.0 Å². The van der Waals surface area contributed by atoms with Gasteiger partial charge in [-0.05, 0) is 35.1 Å². The number of nitrogens with zero attached hydrogens (tertiary/aromatic N) is 2. The molecule has 0 saturated carbocycles. The van der Waals surface area contributed by atoms with E-state index in [9.17, 15) is 9.59 Å². The maximum atomic E-state index is 11.6. The first-order chi connectivity index (χ1) is 12.6. The molecule has 1 N–H and O–H groups in total. The van der Waals surface area contributed by atoms with E-state index in [-0.39, 0.29) is 24.3 Å². The van der Waals surface area contributed by atoms with Crippen molar-refractivity contribution in [3.63, 3.8) is 0 Å². The summed E-state index contributed by atoms with van der Waals surface area (Å²) in [5.41, 5.74) is 3.66. The number of aromatic nitrogens is 1. The highest BCUT2D eigenvalue weighted by Gasteiger charge is 2.20. The predicted octanol–water partition coefficient (Wildman–Crippen LogP) is 5.09. The van der Waals surface area contributed by atoms with Crippen molar-refractivity contribution in [2.24, 2.45) is 0 Å². The van der Waals surface area contributed by atoms with Gasteiger partial charge in [0.2, 0.25) is 0 Å². The third-order valence-electron chi connectivity index (χ3n) is 4.18. The second-order valence-electron chi connectivity index (χ2n) is 7.15. The summed E-state index contributed by atoms with van der Waals surface area (Å²) in [4.78, 5) is 28.4. The minimum atomic E-state index is -0.985. The zero-order valence-electron chi connectivity index (χ0n) is 16.6. The molecule has 0 bridgehead atoms. The molecule has 1 amide bonds. The Morgan fingerprint density at radius 1 is 1.19 bits per heavy atom. The third kappa shape index (κ3) is 5.07. The maximum Gasteiger partial charge on any atom is 0.407 e. The van der Waals surface area contributed by atoms with Gasteiger partial charge >= 0.3 is 12.1 Å². The van der Waals surface area contributed by atoms with Gasteiger partial charge in [0.25, 0.3) is 0 Å². The van der Waals surface area contributed by atoms with Crippen molar-refractivity contribution in [1.82, 2.24) is 9.88 Å². The fourth-order valence-corrected chi connectivity index (χ4v) is 3.58. The largest absolute Gasteiger partial charge is 0.465 e. The molecule has 0 aliphatic heterocycles. The number of ether oxygens (including phenoxy) is 1. The lowest BCUT2D eigenvalue weighted by Crippen LogP contribution is -2.23. The van der Waals surface area contributed by atoms with Gasteiger partial charge in [-0.1, -0.05) is 27.7 Å². The SMILES string of the molecule is CC(=O)Oc1c(C(C)C)cc(-c2csc(CN(C)C(=O)O)n2)cc1C(C)C. The molecular weight excluding hydrogens is 364 g/mol. The zero-order valence-corrected chi connectivity index (χ0v) is 17.4. The quantitative estimate of drug-likeness (QED) is 0.549. The second-order valence-corrected chi connectivity index (χ2v) is 8.09. The molecule has 0 fully saturated rings. The van der Waals surface area contributed by atoms with Gasteiger partial charge < -0.3 is 14.7 Å². The summed E-state index contributed by atoms with van der Waals surface area (Å²) in [6, 6.07) is 4.02. The molecule has 2 aromatic rings. The van der Waals surface area contributed by atoms with Crippen molar-refractivity contribution >= 4 is 23.4 Å². The molecule has 0 aliphatic rings. The standard InChI is InChI=1S/C20H26N2O4S/c1-11(2)15-7-14(8-16(12(3)4)19(15)26-13(5)23)17-10-27-18(21-17)9-22(6)20(24)25/h7-8,10-12H,9H2,1-6H3,(H,24,25). The normalized spacial score (nSPS) is 11.1. The average Bonchev–Trinajstić information content (AvgIpc) is 3.02. The van der Waals surface area contributed by atoms with Crippen LogP contribution in [0.4, 0.5) is 4.79 Å². The Bertz CT molecular complexity index is 813. The molecule has 6 nitrogen and oxygen atoms in total. The maximum absolute atomic E-state index is 11.6. The molecule has 0 saturated heterocycles. The number of hydrogen-bond donors (Lipinski definition) is 1. The monoisotopic (exact) mass is 390 g/mol. The van der Waals surface area contributed by atoms with E-state index >= 15 is 0 Å². The highest BCUT2D eigenvalue weighted by Crippen LogP contribution is 2.39. The first-order valence-corrected chi connectivity index (χ1v) is 9.73. The molecule has 1 aromatic carbocycles. The smallest absolute Gasteiger partial charge is 0.407 e. The molecule has 27 heavy (non-hydrogen) atoms. The molecule has 0 spiro atoms. The van der Waals surface area contributed by atoms with Crippen LogP contribution in [0.15, 0.2) is 17.5 Å².